The summed E-state index contributed by atoms with van der Waals surface area (Å²) in [6, 6.07) is 10.3. The third kappa shape index (κ3) is 5.11. The number of nitrogens with zero attached hydrogens (tertiary/aromatic N) is 1. The number of rotatable bonds is 9. The van der Waals surface area contributed by atoms with Crippen molar-refractivity contribution in [3.63, 3.8) is 0 Å². The van der Waals surface area contributed by atoms with Crippen LogP contribution < -0.4 is 10.1 Å². The number of carbonyl (C=O) groups is 1. The first-order chi connectivity index (χ1) is 13.7. The molecule has 29 heavy (non-hydrogen) atoms. The lowest BCUT2D eigenvalue weighted by Crippen LogP contribution is -2.20. The molecule has 0 aliphatic rings. The van der Waals surface area contributed by atoms with Gasteiger partial charge in [0.25, 0.3) is 5.69 Å². The van der Waals surface area contributed by atoms with Gasteiger partial charge in [-0.1, -0.05) is 32.0 Å². The van der Waals surface area contributed by atoms with Gasteiger partial charge in [-0.05, 0) is 31.0 Å². The van der Waals surface area contributed by atoms with E-state index in [0.29, 0.717) is 18.6 Å². The molecular formula is C20H24N2O6S. The Morgan fingerprint density at radius 3 is 2.41 bits per heavy atom. The van der Waals surface area contributed by atoms with Gasteiger partial charge in [0.1, 0.15) is 5.75 Å². The van der Waals surface area contributed by atoms with E-state index < -0.39 is 25.9 Å². The van der Waals surface area contributed by atoms with Crippen molar-refractivity contribution >= 4 is 27.1 Å². The van der Waals surface area contributed by atoms with Crippen LogP contribution in [0.2, 0.25) is 0 Å². The highest BCUT2D eigenvalue weighted by Gasteiger charge is 2.26. The fourth-order valence-electron chi connectivity index (χ4n) is 3.09. The van der Waals surface area contributed by atoms with Crippen molar-refractivity contribution in [3.8, 4) is 5.75 Å². The Kier molecular flexibility index (Phi) is 7.33. The first-order valence-electron chi connectivity index (χ1n) is 9.18. The SMILES string of the molecule is CCC(CC)S(=O)(=O)c1ccc(OC)c(NC(=O)Cc2ccccc2[N+](=O)[O-])c1. The Balaban J connectivity index is 2.33. The zero-order chi connectivity index (χ0) is 21.6. The number of nitro benzene ring substituents is 1. The summed E-state index contributed by atoms with van der Waals surface area (Å²) < 4.78 is 30.8. The summed E-state index contributed by atoms with van der Waals surface area (Å²) in [5, 5.41) is 13.2. The van der Waals surface area contributed by atoms with E-state index in [2.05, 4.69) is 5.32 Å². The van der Waals surface area contributed by atoms with Crippen molar-refractivity contribution in [2.45, 2.75) is 43.3 Å². The molecule has 0 atom stereocenters. The molecule has 2 rings (SSSR count). The molecule has 0 aliphatic carbocycles. The normalized spacial score (nSPS) is 11.3. The van der Waals surface area contributed by atoms with Crippen LogP contribution >= 0.6 is 0 Å². The van der Waals surface area contributed by atoms with Crippen LogP contribution in [0, 0.1) is 10.1 Å². The minimum atomic E-state index is -3.56. The molecule has 0 saturated carbocycles. The summed E-state index contributed by atoms with van der Waals surface area (Å²) in [5.41, 5.74) is 0.303. The van der Waals surface area contributed by atoms with Crippen LogP contribution in [0.3, 0.4) is 0 Å². The van der Waals surface area contributed by atoms with E-state index in [9.17, 15) is 23.3 Å². The minimum absolute atomic E-state index is 0.0907. The molecule has 0 aliphatic heterocycles. The average molecular weight is 420 g/mol. The number of nitro groups is 1. The molecule has 9 heteroatoms. The maximum Gasteiger partial charge on any atom is 0.273 e. The number of ether oxygens (including phenoxy) is 1. The van der Waals surface area contributed by atoms with Crippen LogP contribution in [-0.4, -0.2) is 31.6 Å². The number of carbonyl (C=O) groups excluding carboxylic acids is 1. The second kappa shape index (κ2) is 9.51. The van der Waals surface area contributed by atoms with Crippen molar-refractivity contribution in [2.75, 3.05) is 12.4 Å². The molecule has 0 radical (unpaired) electrons. The lowest BCUT2D eigenvalue weighted by Gasteiger charge is -2.16. The predicted molar refractivity (Wildman–Crippen MR) is 110 cm³/mol. The van der Waals surface area contributed by atoms with Crippen molar-refractivity contribution in [1.29, 1.82) is 0 Å². The molecular weight excluding hydrogens is 396 g/mol. The number of para-hydroxylation sites is 1. The van der Waals surface area contributed by atoms with Crippen molar-refractivity contribution in [3.05, 3.63) is 58.1 Å². The molecule has 2 aromatic rings. The Labute approximate surface area is 170 Å². The molecule has 0 fully saturated rings. The summed E-state index contributed by atoms with van der Waals surface area (Å²) in [7, 11) is -2.15. The van der Waals surface area contributed by atoms with Crippen molar-refractivity contribution in [1.82, 2.24) is 0 Å². The van der Waals surface area contributed by atoms with Crippen LogP contribution in [0.25, 0.3) is 0 Å². The molecule has 0 saturated heterocycles. The van der Waals surface area contributed by atoms with E-state index >= 15 is 0 Å². The summed E-state index contributed by atoms with van der Waals surface area (Å²) >= 11 is 0. The van der Waals surface area contributed by atoms with Gasteiger partial charge in [0.05, 0.1) is 34.3 Å². The van der Waals surface area contributed by atoms with E-state index in [-0.39, 0.29) is 28.3 Å². The second-order valence-corrected chi connectivity index (χ2v) is 8.68. The number of hydrogen-bond donors (Lipinski definition) is 1. The second-order valence-electron chi connectivity index (χ2n) is 6.46. The molecule has 1 amide bonds. The number of benzene rings is 2. The monoisotopic (exact) mass is 420 g/mol. The van der Waals surface area contributed by atoms with Gasteiger partial charge < -0.3 is 10.1 Å². The average Bonchev–Trinajstić information content (AvgIpc) is 2.68. The number of nitrogens with one attached hydrogen (secondary N) is 1. The Morgan fingerprint density at radius 1 is 1.17 bits per heavy atom. The highest BCUT2D eigenvalue weighted by atomic mass is 32.2. The number of sulfone groups is 1. The maximum atomic E-state index is 12.8. The maximum absolute atomic E-state index is 12.8. The van der Waals surface area contributed by atoms with Gasteiger partial charge in [-0.2, -0.15) is 0 Å². The van der Waals surface area contributed by atoms with Crippen LogP contribution in [0.15, 0.2) is 47.4 Å². The smallest absolute Gasteiger partial charge is 0.273 e. The summed E-state index contributed by atoms with van der Waals surface area (Å²) in [5.74, 6) is -0.223. The van der Waals surface area contributed by atoms with E-state index in [1.54, 1.807) is 6.07 Å². The first-order valence-corrected chi connectivity index (χ1v) is 10.7. The predicted octanol–water partition coefficient (Wildman–Crippen LogP) is 3.75. The highest BCUT2D eigenvalue weighted by Crippen LogP contribution is 2.30. The highest BCUT2D eigenvalue weighted by molar-refractivity contribution is 7.92. The van der Waals surface area contributed by atoms with E-state index in [0.717, 1.165) is 0 Å². The van der Waals surface area contributed by atoms with Gasteiger partial charge in [0.2, 0.25) is 5.91 Å². The van der Waals surface area contributed by atoms with E-state index in [4.69, 9.17) is 4.74 Å². The fourth-order valence-corrected chi connectivity index (χ4v) is 4.89. The van der Waals surface area contributed by atoms with Crippen LogP contribution in [0.1, 0.15) is 32.3 Å². The van der Waals surface area contributed by atoms with Gasteiger partial charge in [0.15, 0.2) is 9.84 Å². The summed E-state index contributed by atoms with van der Waals surface area (Å²) in [4.78, 5) is 23.2. The van der Waals surface area contributed by atoms with Crippen molar-refractivity contribution in [2.24, 2.45) is 0 Å². The molecule has 8 nitrogen and oxygen atoms in total. The number of methoxy groups -OCH3 is 1. The Bertz CT molecular complexity index is 1000. The molecule has 0 heterocycles. The largest absolute Gasteiger partial charge is 0.495 e. The summed E-state index contributed by atoms with van der Waals surface area (Å²) in [6.07, 6.45) is 0.721. The van der Waals surface area contributed by atoms with Crippen LogP contribution in [-0.2, 0) is 21.1 Å². The van der Waals surface area contributed by atoms with Gasteiger partial charge >= 0.3 is 0 Å². The molecule has 1 N–H and O–H groups in total. The van der Waals surface area contributed by atoms with Gasteiger partial charge in [0, 0.05) is 11.6 Å². The van der Waals surface area contributed by atoms with E-state index in [1.807, 2.05) is 13.8 Å². The number of hydrogen-bond acceptors (Lipinski definition) is 6. The third-order valence-corrected chi connectivity index (χ3v) is 7.12. The molecule has 156 valence electrons. The topological polar surface area (TPSA) is 116 Å². The standard InChI is InChI=1S/C20H24N2O6S/c1-4-15(5-2)29(26,27)16-10-11-19(28-3)17(13-16)21-20(23)12-14-8-6-7-9-18(14)22(24)25/h6-11,13,15H,4-5,12H2,1-3H3,(H,21,23). The van der Waals surface area contributed by atoms with Gasteiger partial charge in [-0.15, -0.1) is 0 Å². The minimum Gasteiger partial charge on any atom is -0.495 e. The van der Waals surface area contributed by atoms with Crippen LogP contribution in [0.4, 0.5) is 11.4 Å². The lowest BCUT2D eigenvalue weighted by atomic mass is 10.1. The first kappa shape index (κ1) is 22.4. The van der Waals surface area contributed by atoms with E-state index in [1.165, 1.54) is 43.5 Å². The number of anilines is 1. The lowest BCUT2D eigenvalue weighted by molar-refractivity contribution is -0.385. The molecule has 0 spiro atoms. The fraction of sp³-hybridized carbons (Fsp3) is 0.350. The zero-order valence-electron chi connectivity index (χ0n) is 16.5. The quantitative estimate of drug-likeness (QED) is 0.488. The van der Waals surface area contributed by atoms with Gasteiger partial charge in [-0.25, -0.2) is 8.42 Å². The third-order valence-electron chi connectivity index (χ3n) is 4.66. The molecule has 0 aromatic heterocycles. The van der Waals surface area contributed by atoms with Crippen LogP contribution in [0.5, 0.6) is 5.75 Å². The zero-order valence-corrected chi connectivity index (χ0v) is 17.4. The Hall–Kier alpha value is -2.94. The molecule has 0 bridgehead atoms. The number of amides is 1. The molecule has 2 aromatic carbocycles. The van der Waals surface area contributed by atoms with Crippen molar-refractivity contribution < 1.29 is 22.9 Å². The Morgan fingerprint density at radius 2 is 1.83 bits per heavy atom. The molecule has 0 unspecified atom stereocenters. The summed E-state index contributed by atoms with van der Waals surface area (Å²) in [6.45, 7) is 3.62. The van der Waals surface area contributed by atoms with Gasteiger partial charge in [-0.3, -0.25) is 14.9 Å².